The van der Waals surface area contributed by atoms with Gasteiger partial charge in [-0.3, -0.25) is 9.59 Å². The predicted molar refractivity (Wildman–Crippen MR) is 77.4 cm³/mol. The van der Waals surface area contributed by atoms with Crippen molar-refractivity contribution in [2.24, 2.45) is 0 Å². The van der Waals surface area contributed by atoms with E-state index in [9.17, 15) is 9.59 Å². The number of nitrogens with zero attached hydrogens (tertiary/aromatic N) is 1. The Balaban J connectivity index is 1.83. The summed E-state index contributed by atoms with van der Waals surface area (Å²) >= 11 is 0. The lowest BCUT2D eigenvalue weighted by molar-refractivity contribution is 0.0926. The number of carbonyl (C=O) groups is 2. The van der Waals surface area contributed by atoms with Gasteiger partial charge in [0.1, 0.15) is 0 Å². The molecule has 0 saturated heterocycles. The standard InChI is InChI=1S/C16H10N2O2/c17-11-4-6-13-14(8-11)16(20)18(15(13)19)12-5-3-9-1-2-10(9)7-12/h1-8H,17H2. The Morgan fingerprint density at radius 3 is 2.25 bits per heavy atom. The molecule has 96 valence electrons. The first-order valence-corrected chi connectivity index (χ1v) is 6.25. The van der Waals surface area contributed by atoms with Crippen LogP contribution in [0.5, 0.6) is 0 Å². The second-order valence-corrected chi connectivity index (χ2v) is 4.90. The van der Waals surface area contributed by atoms with E-state index in [2.05, 4.69) is 0 Å². The Bertz CT molecular complexity index is 821. The van der Waals surface area contributed by atoms with Crippen molar-refractivity contribution in [2.45, 2.75) is 0 Å². The third kappa shape index (κ3) is 1.30. The highest BCUT2D eigenvalue weighted by Gasteiger charge is 2.36. The highest BCUT2D eigenvalue weighted by Crippen LogP contribution is 2.33. The number of nitrogen functional groups attached to an aromatic ring is 1. The van der Waals surface area contributed by atoms with Gasteiger partial charge in [0.15, 0.2) is 0 Å². The van der Waals surface area contributed by atoms with Crippen molar-refractivity contribution < 1.29 is 9.59 Å². The van der Waals surface area contributed by atoms with Crippen LogP contribution in [0.3, 0.4) is 0 Å². The summed E-state index contributed by atoms with van der Waals surface area (Å²) in [6, 6.07) is 10.3. The molecule has 4 rings (SSSR count). The molecule has 0 atom stereocenters. The fraction of sp³-hybridized carbons (Fsp3) is 0. The average Bonchev–Trinajstić information content (AvgIpc) is 2.64. The van der Waals surface area contributed by atoms with Gasteiger partial charge in [-0.15, -0.1) is 0 Å². The zero-order valence-corrected chi connectivity index (χ0v) is 10.5. The lowest BCUT2D eigenvalue weighted by Gasteiger charge is -2.17. The number of anilines is 2. The van der Waals surface area contributed by atoms with Gasteiger partial charge < -0.3 is 5.73 Å². The zero-order valence-electron chi connectivity index (χ0n) is 10.5. The van der Waals surface area contributed by atoms with Gasteiger partial charge in [0.05, 0.1) is 16.8 Å². The molecule has 0 saturated carbocycles. The van der Waals surface area contributed by atoms with E-state index in [0.29, 0.717) is 22.5 Å². The molecule has 0 aromatic heterocycles. The van der Waals surface area contributed by atoms with Gasteiger partial charge in [-0.2, -0.15) is 0 Å². The molecule has 1 heterocycles. The number of carbonyl (C=O) groups excluding carboxylic acids is 2. The number of amides is 2. The molecule has 2 aromatic rings. The number of nitrogens with two attached hydrogens (primary N) is 1. The van der Waals surface area contributed by atoms with Crippen LogP contribution in [0.4, 0.5) is 11.4 Å². The fourth-order valence-corrected chi connectivity index (χ4v) is 2.57. The van der Waals surface area contributed by atoms with Crippen LogP contribution >= 0.6 is 0 Å². The monoisotopic (exact) mass is 262 g/mol. The van der Waals surface area contributed by atoms with Crippen LogP contribution in [0.1, 0.15) is 31.8 Å². The van der Waals surface area contributed by atoms with Crippen molar-refractivity contribution in [3.05, 3.63) is 58.7 Å². The molecule has 2 amide bonds. The van der Waals surface area contributed by atoms with Gasteiger partial charge in [-0.05, 0) is 41.5 Å². The quantitative estimate of drug-likeness (QED) is 0.541. The van der Waals surface area contributed by atoms with Crippen LogP contribution in [0, 0.1) is 0 Å². The van der Waals surface area contributed by atoms with E-state index in [4.69, 9.17) is 5.73 Å². The van der Waals surface area contributed by atoms with Crippen LogP contribution in [0.25, 0.3) is 12.2 Å². The van der Waals surface area contributed by atoms with Crippen molar-refractivity contribution in [3.63, 3.8) is 0 Å². The first-order valence-electron chi connectivity index (χ1n) is 6.25. The SMILES string of the molecule is Nc1ccc2c(c1)C(=O)N(c1ccc3c(c1)C=C3)C2=O. The molecular formula is C16H10N2O2. The molecule has 0 spiro atoms. The Morgan fingerprint density at radius 1 is 0.800 bits per heavy atom. The zero-order chi connectivity index (χ0) is 13.9. The maximum atomic E-state index is 12.4. The van der Waals surface area contributed by atoms with Gasteiger partial charge in [-0.25, -0.2) is 4.90 Å². The minimum atomic E-state index is -0.319. The van der Waals surface area contributed by atoms with Crippen molar-refractivity contribution >= 4 is 35.3 Å². The summed E-state index contributed by atoms with van der Waals surface area (Å²) in [5.41, 5.74) is 9.69. The first-order chi connectivity index (χ1) is 9.65. The second-order valence-electron chi connectivity index (χ2n) is 4.90. The van der Waals surface area contributed by atoms with Crippen LogP contribution in [0.2, 0.25) is 0 Å². The largest absolute Gasteiger partial charge is 0.399 e. The Labute approximate surface area is 115 Å². The molecule has 0 unspecified atom stereocenters. The molecule has 2 aliphatic rings. The Hall–Kier alpha value is -2.88. The van der Waals surface area contributed by atoms with Crippen LogP contribution in [0.15, 0.2) is 36.4 Å². The fourth-order valence-electron chi connectivity index (χ4n) is 2.57. The van der Waals surface area contributed by atoms with E-state index in [0.717, 1.165) is 11.1 Å². The predicted octanol–water partition coefficient (Wildman–Crippen LogP) is 2.55. The van der Waals surface area contributed by atoms with Crippen molar-refractivity contribution in [1.82, 2.24) is 0 Å². The second kappa shape index (κ2) is 3.57. The summed E-state index contributed by atoms with van der Waals surface area (Å²) in [6.07, 6.45) is 3.94. The molecule has 4 heteroatoms. The smallest absolute Gasteiger partial charge is 0.266 e. The molecule has 4 nitrogen and oxygen atoms in total. The number of fused-ring (bicyclic) bond motifs is 2. The number of hydrogen-bond donors (Lipinski definition) is 1. The van der Waals surface area contributed by atoms with E-state index in [1.54, 1.807) is 24.3 Å². The van der Waals surface area contributed by atoms with E-state index in [1.165, 1.54) is 4.90 Å². The molecule has 1 aliphatic heterocycles. The third-order valence-electron chi connectivity index (χ3n) is 3.68. The highest BCUT2D eigenvalue weighted by atomic mass is 16.2. The molecule has 2 aromatic carbocycles. The molecule has 20 heavy (non-hydrogen) atoms. The lowest BCUT2D eigenvalue weighted by atomic mass is 9.97. The van der Waals surface area contributed by atoms with Crippen molar-refractivity contribution in [2.75, 3.05) is 10.6 Å². The minimum Gasteiger partial charge on any atom is -0.399 e. The summed E-state index contributed by atoms with van der Waals surface area (Å²) in [6.45, 7) is 0. The van der Waals surface area contributed by atoms with E-state index in [1.807, 2.05) is 24.3 Å². The maximum Gasteiger partial charge on any atom is 0.266 e. The topological polar surface area (TPSA) is 63.4 Å². The number of rotatable bonds is 1. The van der Waals surface area contributed by atoms with Crippen LogP contribution in [-0.2, 0) is 0 Å². The highest BCUT2D eigenvalue weighted by molar-refractivity contribution is 6.34. The normalized spacial score (nSPS) is 15.1. The molecular weight excluding hydrogens is 252 g/mol. The van der Waals surface area contributed by atoms with Crippen molar-refractivity contribution in [1.29, 1.82) is 0 Å². The summed E-state index contributed by atoms with van der Waals surface area (Å²) in [7, 11) is 0. The molecule has 2 N–H and O–H groups in total. The van der Waals surface area contributed by atoms with Gasteiger partial charge in [-0.1, -0.05) is 18.2 Å². The minimum absolute atomic E-state index is 0.298. The van der Waals surface area contributed by atoms with Crippen LogP contribution in [-0.4, -0.2) is 11.8 Å². The summed E-state index contributed by atoms with van der Waals surface area (Å²) < 4.78 is 0. The van der Waals surface area contributed by atoms with Gasteiger partial charge >= 0.3 is 0 Å². The Kier molecular flexibility index (Phi) is 1.96. The summed E-state index contributed by atoms with van der Waals surface area (Å²) in [5.74, 6) is -0.617. The third-order valence-corrected chi connectivity index (χ3v) is 3.68. The van der Waals surface area contributed by atoms with Crippen LogP contribution < -0.4 is 10.6 Å². The molecule has 0 bridgehead atoms. The van der Waals surface area contributed by atoms with Gasteiger partial charge in [0, 0.05) is 5.69 Å². The summed E-state index contributed by atoms with van der Waals surface area (Å²) in [5, 5.41) is 0. The summed E-state index contributed by atoms with van der Waals surface area (Å²) in [4.78, 5) is 26.0. The maximum absolute atomic E-state index is 12.4. The molecule has 0 radical (unpaired) electrons. The van der Waals surface area contributed by atoms with Crippen molar-refractivity contribution in [3.8, 4) is 0 Å². The number of hydrogen-bond acceptors (Lipinski definition) is 3. The molecule has 0 fully saturated rings. The van der Waals surface area contributed by atoms with Gasteiger partial charge in [0.2, 0.25) is 0 Å². The Morgan fingerprint density at radius 2 is 1.55 bits per heavy atom. The number of benzene rings is 2. The number of imide groups is 1. The van der Waals surface area contributed by atoms with Gasteiger partial charge in [0.25, 0.3) is 11.8 Å². The average molecular weight is 262 g/mol. The lowest BCUT2D eigenvalue weighted by Crippen LogP contribution is -2.29. The van der Waals surface area contributed by atoms with E-state index < -0.39 is 0 Å². The van der Waals surface area contributed by atoms with E-state index >= 15 is 0 Å². The van der Waals surface area contributed by atoms with E-state index in [-0.39, 0.29) is 11.8 Å². The molecule has 1 aliphatic carbocycles. The first kappa shape index (κ1) is 11.0.